The number of amides is 1. The van der Waals surface area contributed by atoms with Gasteiger partial charge in [-0.05, 0) is 61.3 Å². The van der Waals surface area contributed by atoms with E-state index in [9.17, 15) is 4.79 Å². The first-order valence-corrected chi connectivity index (χ1v) is 7.31. The molecule has 100 valence electrons. The number of hydrogen-bond donors (Lipinski definition) is 2. The van der Waals surface area contributed by atoms with Gasteiger partial charge in [0.1, 0.15) is 5.69 Å². The summed E-state index contributed by atoms with van der Waals surface area (Å²) >= 11 is 3.37. The van der Waals surface area contributed by atoms with Crippen LogP contribution in [0.25, 0.3) is 0 Å². The lowest BCUT2D eigenvalue weighted by molar-refractivity contribution is 0.0597. The molecule has 1 unspecified atom stereocenters. The zero-order valence-corrected chi connectivity index (χ0v) is 12.3. The average molecular weight is 314 g/mol. The van der Waals surface area contributed by atoms with Gasteiger partial charge in [-0.3, -0.25) is 4.79 Å². The van der Waals surface area contributed by atoms with Crippen molar-refractivity contribution >= 4 is 21.8 Å². The zero-order valence-electron chi connectivity index (χ0n) is 10.7. The van der Waals surface area contributed by atoms with E-state index in [2.05, 4.69) is 26.2 Å². The summed E-state index contributed by atoms with van der Waals surface area (Å²) in [5, 5.41) is 3.17. The highest BCUT2D eigenvalue weighted by molar-refractivity contribution is 9.10. The van der Waals surface area contributed by atoms with E-state index in [0.29, 0.717) is 11.7 Å². The molecule has 0 radical (unpaired) electrons. The molecule has 2 rings (SSSR count). The van der Waals surface area contributed by atoms with Crippen molar-refractivity contribution in [2.24, 2.45) is 0 Å². The van der Waals surface area contributed by atoms with Gasteiger partial charge in [0.15, 0.2) is 0 Å². The second-order valence-corrected chi connectivity index (χ2v) is 5.69. The Morgan fingerprint density at radius 3 is 3.11 bits per heavy atom. The van der Waals surface area contributed by atoms with E-state index in [4.69, 9.17) is 0 Å². The van der Waals surface area contributed by atoms with Crippen molar-refractivity contribution < 1.29 is 4.79 Å². The lowest BCUT2D eigenvalue weighted by Crippen LogP contribution is -2.44. The summed E-state index contributed by atoms with van der Waals surface area (Å²) in [5.74, 6) is 0.126. The lowest BCUT2D eigenvalue weighted by atomic mass is 9.99. The van der Waals surface area contributed by atoms with Crippen LogP contribution < -0.4 is 5.32 Å². The van der Waals surface area contributed by atoms with Gasteiger partial charge >= 0.3 is 0 Å². The molecule has 1 aliphatic heterocycles. The van der Waals surface area contributed by atoms with Gasteiger partial charge in [0, 0.05) is 23.3 Å². The third-order valence-corrected chi connectivity index (χ3v) is 3.95. The molecule has 0 aliphatic carbocycles. The molecule has 1 saturated heterocycles. The van der Waals surface area contributed by atoms with Gasteiger partial charge in [-0.15, -0.1) is 0 Å². The Bertz CT molecular complexity index is 405. The van der Waals surface area contributed by atoms with Crippen LogP contribution in [0.15, 0.2) is 16.7 Å². The molecule has 1 aliphatic rings. The van der Waals surface area contributed by atoms with Gasteiger partial charge in [-0.2, -0.15) is 0 Å². The summed E-state index contributed by atoms with van der Waals surface area (Å²) in [6, 6.07) is 2.23. The third kappa shape index (κ3) is 3.14. The van der Waals surface area contributed by atoms with Crippen LogP contribution >= 0.6 is 15.9 Å². The fraction of sp³-hybridized carbons (Fsp3) is 0.615. The number of nitrogens with zero attached hydrogens (tertiary/aromatic N) is 1. The van der Waals surface area contributed by atoms with Crippen molar-refractivity contribution in [1.82, 2.24) is 15.2 Å². The summed E-state index contributed by atoms with van der Waals surface area (Å²) in [5.41, 5.74) is 0.679. The van der Waals surface area contributed by atoms with Crippen molar-refractivity contribution in [3.63, 3.8) is 0 Å². The minimum Gasteiger partial charge on any atom is -0.356 e. The SMILES string of the molecule is CNCCC1CCCCN1C(=O)c1cc(Br)c[nH]1. The quantitative estimate of drug-likeness (QED) is 0.896. The number of carbonyl (C=O) groups excluding carboxylic acids is 1. The Balaban J connectivity index is 2.06. The Labute approximate surface area is 116 Å². The van der Waals surface area contributed by atoms with Crippen molar-refractivity contribution in [3.8, 4) is 0 Å². The Morgan fingerprint density at radius 2 is 2.44 bits per heavy atom. The smallest absolute Gasteiger partial charge is 0.270 e. The number of aromatic nitrogens is 1. The second kappa shape index (κ2) is 6.38. The summed E-state index contributed by atoms with van der Waals surface area (Å²) in [6.07, 6.45) is 6.30. The van der Waals surface area contributed by atoms with E-state index in [1.165, 1.54) is 6.42 Å². The van der Waals surface area contributed by atoms with Gasteiger partial charge in [-0.1, -0.05) is 0 Å². The van der Waals surface area contributed by atoms with Crippen LogP contribution in [0.2, 0.25) is 0 Å². The third-order valence-electron chi connectivity index (χ3n) is 3.49. The molecule has 0 saturated carbocycles. The van der Waals surface area contributed by atoms with Crippen molar-refractivity contribution in [3.05, 3.63) is 22.4 Å². The predicted octanol–water partition coefficient (Wildman–Crippen LogP) is 2.38. The molecule has 0 bridgehead atoms. The van der Waals surface area contributed by atoms with E-state index < -0.39 is 0 Å². The number of rotatable bonds is 4. The standard InChI is InChI=1S/C13H20BrN3O/c1-15-6-5-11-4-2-3-7-17(11)13(18)12-8-10(14)9-16-12/h8-9,11,15-16H,2-7H2,1H3. The normalized spacial score (nSPS) is 20.1. The maximum atomic E-state index is 12.4. The van der Waals surface area contributed by atoms with Crippen molar-refractivity contribution in [2.45, 2.75) is 31.7 Å². The van der Waals surface area contributed by atoms with E-state index in [-0.39, 0.29) is 5.91 Å². The largest absolute Gasteiger partial charge is 0.356 e. The predicted molar refractivity (Wildman–Crippen MR) is 75.7 cm³/mol. The first kappa shape index (κ1) is 13.6. The van der Waals surface area contributed by atoms with Crippen LogP contribution in [-0.2, 0) is 0 Å². The number of aromatic amines is 1. The Kier molecular flexibility index (Phi) is 4.83. The first-order chi connectivity index (χ1) is 8.72. The van der Waals surface area contributed by atoms with Gasteiger partial charge in [0.05, 0.1) is 0 Å². The van der Waals surface area contributed by atoms with E-state index in [0.717, 1.165) is 36.8 Å². The number of halogens is 1. The molecule has 5 heteroatoms. The first-order valence-electron chi connectivity index (χ1n) is 6.52. The maximum Gasteiger partial charge on any atom is 0.270 e. The Morgan fingerprint density at radius 1 is 1.61 bits per heavy atom. The molecule has 1 fully saturated rings. The highest BCUT2D eigenvalue weighted by Crippen LogP contribution is 2.22. The molecule has 1 atom stereocenters. The summed E-state index contributed by atoms with van der Waals surface area (Å²) in [7, 11) is 1.96. The van der Waals surface area contributed by atoms with Crippen LogP contribution in [0.5, 0.6) is 0 Å². The minimum absolute atomic E-state index is 0.126. The van der Waals surface area contributed by atoms with Crippen LogP contribution in [-0.4, -0.2) is 42.0 Å². The van der Waals surface area contributed by atoms with E-state index >= 15 is 0 Å². The summed E-state index contributed by atoms with van der Waals surface area (Å²) < 4.78 is 0.926. The Hall–Kier alpha value is -0.810. The summed E-state index contributed by atoms with van der Waals surface area (Å²) in [6.45, 7) is 1.84. The van der Waals surface area contributed by atoms with Gasteiger partial charge in [0.2, 0.25) is 0 Å². The van der Waals surface area contributed by atoms with E-state index in [1.807, 2.05) is 18.0 Å². The van der Waals surface area contributed by atoms with Gasteiger partial charge < -0.3 is 15.2 Å². The molecule has 0 aromatic carbocycles. The maximum absolute atomic E-state index is 12.4. The molecule has 1 aromatic rings. The van der Waals surface area contributed by atoms with Gasteiger partial charge in [-0.25, -0.2) is 0 Å². The monoisotopic (exact) mass is 313 g/mol. The fourth-order valence-electron chi connectivity index (χ4n) is 2.53. The topological polar surface area (TPSA) is 48.1 Å². The lowest BCUT2D eigenvalue weighted by Gasteiger charge is -2.35. The highest BCUT2D eigenvalue weighted by atomic mass is 79.9. The number of piperidine rings is 1. The number of nitrogens with one attached hydrogen (secondary N) is 2. The molecule has 4 nitrogen and oxygen atoms in total. The molecular formula is C13H20BrN3O. The van der Waals surface area contributed by atoms with E-state index in [1.54, 1.807) is 6.20 Å². The molecule has 18 heavy (non-hydrogen) atoms. The molecule has 0 spiro atoms. The molecule has 2 N–H and O–H groups in total. The molecule has 1 aromatic heterocycles. The number of likely N-dealkylation sites (tertiary alicyclic amines) is 1. The van der Waals surface area contributed by atoms with Crippen molar-refractivity contribution in [2.75, 3.05) is 20.1 Å². The van der Waals surface area contributed by atoms with Crippen LogP contribution in [0.3, 0.4) is 0 Å². The minimum atomic E-state index is 0.126. The van der Waals surface area contributed by atoms with Crippen LogP contribution in [0.4, 0.5) is 0 Å². The second-order valence-electron chi connectivity index (χ2n) is 4.77. The number of carbonyl (C=O) groups is 1. The highest BCUT2D eigenvalue weighted by Gasteiger charge is 2.27. The fourth-order valence-corrected chi connectivity index (χ4v) is 2.87. The van der Waals surface area contributed by atoms with Gasteiger partial charge in [0.25, 0.3) is 5.91 Å². The molecular weight excluding hydrogens is 294 g/mol. The number of hydrogen-bond acceptors (Lipinski definition) is 2. The molecule has 1 amide bonds. The van der Waals surface area contributed by atoms with Crippen LogP contribution in [0.1, 0.15) is 36.2 Å². The van der Waals surface area contributed by atoms with Crippen molar-refractivity contribution in [1.29, 1.82) is 0 Å². The average Bonchev–Trinajstić information content (AvgIpc) is 2.82. The van der Waals surface area contributed by atoms with Crippen LogP contribution in [0, 0.1) is 0 Å². The summed E-state index contributed by atoms with van der Waals surface area (Å²) in [4.78, 5) is 17.5. The number of H-pyrrole nitrogens is 1. The molecule has 2 heterocycles. The zero-order chi connectivity index (χ0) is 13.0.